The lowest BCUT2D eigenvalue weighted by Gasteiger charge is -2.08. The number of terminal acetylenes is 1. The summed E-state index contributed by atoms with van der Waals surface area (Å²) in [6.07, 6.45) is 5.55. The quantitative estimate of drug-likeness (QED) is 0.777. The first kappa shape index (κ1) is 11.1. The van der Waals surface area contributed by atoms with Crippen molar-refractivity contribution in [2.75, 3.05) is 0 Å². The summed E-state index contributed by atoms with van der Waals surface area (Å²) in [5.41, 5.74) is 1.44. The fraction of sp³-hybridized carbons (Fsp3) is 0.500. The third-order valence-electron chi connectivity index (χ3n) is 2.09. The molecule has 0 radical (unpaired) electrons. The molecule has 1 atom stereocenters. The van der Waals surface area contributed by atoms with E-state index in [0.29, 0.717) is 23.6 Å². The molecular formula is C10H13ClN2O. The van der Waals surface area contributed by atoms with E-state index in [1.165, 1.54) is 0 Å². The molecule has 0 aliphatic carbocycles. The van der Waals surface area contributed by atoms with Crippen molar-refractivity contribution >= 4 is 11.6 Å². The van der Waals surface area contributed by atoms with Crippen LogP contribution in [0.5, 0.6) is 0 Å². The van der Waals surface area contributed by atoms with Gasteiger partial charge in [-0.15, -0.1) is 12.3 Å². The Hall–Kier alpha value is -0.980. The summed E-state index contributed by atoms with van der Waals surface area (Å²) in [6.45, 7) is 1.82. The Morgan fingerprint density at radius 1 is 1.71 bits per heavy atom. The van der Waals surface area contributed by atoms with E-state index in [9.17, 15) is 5.11 Å². The van der Waals surface area contributed by atoms with Crippen LogP contribution in [-0.2, 0) is 7.05 Å². The summed E-state index contributed by atoms with van der Waals surface area (Å²) in [5.74, 6) is 2.48. The minimum atomic E-state index is -0.618. The van der Waals surface area contributed by atoms with Gasteiger partial charge >= 0.3 is 0 Å². The zero-order valence-electron chi connectivity index (χ0n) is 8.29. The van der Waals surface area contributed by atoms with E-state index < -0.39 is 6.10 Å². The number of hydrogen-bond acceptors (Lipinski definition) is 2. The third-order valence-corrected chi connectivity index (χ3v) is 2.54. The van der Waals surface area contributed by atoms with Crippen LogP contribution in [0.25, 0.3) is 0 Å². The van der Waals surface area contributed by atoms with E-state index in [4.69, 9.17) is 18.0 Å². The average molecular weight is 213 g/mol. The average Bonchev–Trinajstić information content (AvgIpc) is 2.38. The van der Waals surface area contributed by atoms with Gasteiger partial charge in [0.2, 0.25) is 0 Å². The zero-order valence-corrected chi connectivity index (χ0v) is 9.04. The monoisotopic (exact) mass is 212 g/mol. The number of halogens is 1. The van der Waals surface area contributed by atoms with Gasteiger partial charge in [-0.25, -0.2) is 0 Å². The predicted octanol–water partition coefficient (Wildman–Crippen LogP) is 1.83. The highest BCUT2D eigenvalue weighted by Crippen LogP contribution is 2.28. The zero-order chi connectivity index (χ0) is 10.7. The van der Waals surface area contributed by atoms with Crippen LogP contribution in [0, 0.1) is 19.3 Å². The molecule has 0 saturated carbocycles. The van der Waals surface area contributed by atoms with Crippen LogP contribution in [0.15, 0.2) is 0 Å². The number of nitrogens with zero attached hydrogens (tertiary/aromatic N) is 2. The maximum Gasteiger partial charge on any atom is 0.132 e. The SMILES string of the molecule is C#CCCC(O)c1c(C)nn(C)c1Cl. The largest absolute Gasteiger partial charge is 0.388 e. The van der Waals surface area contributed by atoms with Crippen molar-refractivity contribution in [3.05, 3.63) is 16.4 Å². The summed E-state index contributed by atoms with van der Waals surface area (Å²) in [6, 6.07) is 0. The second-order valence-corrected chi connectivity index (χ2v) is 3.53. The van der Waals surface area contributed by atoms with Gasteiger partial charge in [0.15, 0.2) is 0 Å². The molecule has 0 aliphatic rings. The van der Waals surface area contributed by atoms with Gasteiger partial charge in [-0.1, -0.05) is 11.6 Å². The van der Waals surface area contributed by atoms with Crippen LogP contribution in [0.4, 0.5) is 0 Å². The molecule has 1 rings (SSSR count). The first-order valence-electron chi connectivity index (χ1n) is 4.38. The number of aliphatic hydroxyl groups excluding tert-OH is 1. The molecule has 0 fully saturated rings. The Bertz CT molecular complexity index is 365. The molecule has 0 aliphatic heterocycles. The molecule has 1 aromatic rings. The fourth-order valence-corrected chi connectivity index (χ4v) is 1.69. The van der Waals surface area contributed by atoms with E-state index in [0.717, 1.165) is 5.69 Å². The van der Waals surface area contributed by atoms with Crippen molar-refractivity contribution in [1.82, 2.24) is 9.78 Å². The normalized spacial score (nSPS) is 12.5. The molecule has 1 N–H and O–H groups in total. The molecule has 0 amide bonds. The van der Waals surface area contributed by atoms with Gasteiger partial charge in [0.25, 0.3) is 0 Å². The smallest absolute Gasteiger partial charge is 0.132 e. The molecule has 14 heavy (non-hydrogen) atoms. The van der Waals surface area contributed by atoms with Gasteiger partial charge < -0.3 is 5.11 Å². The van der Waals surface area contributed by atoms with E-state index in [-0.39, 0.29) is 0 Å². The lowest BCUT2D eigenvalue weighted by atomic mass is 10.1. The molecule has 4 heteroatoms. The molecule has 0 bridgehead atoms. The van der Waals surface area contributed by atoms with Crippen LogP contribution < -0.4 is 0 Å². The molecule has 0 aromatic carbocycles. The van der Waals surface area contributed by atoms with Crippen molar-refractivity contribution in [3.8, 4) is 12.3 Å². The van der Waals surface area contributed by atoms with Gasteiger partial charge in [0, 0.05) is 19.0 Å². The van der Waals surface area contributed by atoms with Crippen LogP contribution in [0.3, 0.4) is 0 Å². The molecule has 1 aromatic heterocycles. The van der Waals surface area contributed by atoms with Crippen LogP contribution in [-0.4, -0.2) is 14.9 Å². The van der Waals surface area contributed by atoms with Gasteiger partial charge in [-0.2, -0.15) is 5.10 Å². The first-order valence-corrected chi connectivity index (χ1v) is 4.76. The third kappa shape index (κ3) is 2.09. The standard InChI is InChI=1S/C10H13ClN2O/c1-4-5-6-8(14)9-7(2)12-13(3)10(9)11/h1,8,14H,5-6H2,2-3H3. The first-order chi connectivity index (χ1) is 6.57. The van der Waals surface area contributed by atoms with Crippen molar-refractivity contribution in [1.29, 1.82) is 0 Å². The molecule has 1 unspecified atom stereocenters. The lowest BCUT2D eigenvalue weighted by molar-refractivity contribution is 0.169. The minimum Gasteiger partial charge on any atom is -0.388 e. The van der Waals surface area contributed by atoms with Crippen LogP contribution in [0.1, 0.15) is 30.2 Å². The maximum absolute atomic E-state index is 9.79. The topological polar surface area (TPSA) is 38.1 Å². The molecule has 0 saturated heterocycles. The number of rotatable bonds is 3. The Kier molecular flexibility index (Phi) is 3.56. The number of aromatic nitrogens is 2. The predicted molar refractivity (Wildman–Crippen MR) is 56.0 cm³/mol. The van der Waals surface area contributed by atoms with Crippen molar-refractivity contribution in [3.63, 3.8) is 0 Å². The molecule has 3 nitrogen and oxygen atoms in total. The highest BCUT2D eigenvalue weighted by atomic mass is 35.5. The Labute approximate surface area is 88.7 Å². The number of aliphatic hydroxyl groups is 1. The Morgan fingerprint density at radius 3 is 2.79 bits per heavy atom. The summed E-state index contributed by atoms with van der Waals surface area (Å²) in [5, 5.41) is 14.4. The summed E-state index contributed by atoms with van der Waals surface area (Å²) < 4.78 is 1.55. The van der Waals surface area contributed by atoms with E-state index in [1.807, 2.05) is 6.92 Å². The Balaban J connectivity index is 2.89. The second-order valence-electron chi connectivity index (χ2n) is 3.17. The molecule has 1 heterocycles. The lowest BCUT2D eigenvalue weighted by Crippen LogP contribution is -1.98. The molecular weight excluding hydrogens is 200 g/mol. The highest BCUT2D eigenvalue weighted by Gasteiger charge is 2.18. The van der Waals surface area contributed by atoms with Crippen molar-refractivity contribution in [2.45, 2.75) is 25.9 Å². The van der Waals surface area contributed by atoms with Crippen molar-refractivity contribution in [2.24, 2.45) is 7.05 Å². The highest BCUT2D eigenvalue weighted by molar-refractivity contribution is 6.30. The molecule has 76 valence electrons. The van der Waals surface area contributed by atoms with E-state index >= 15 is 0 Å². The van der Waals surface area contributed by atoms with E-state index in [1.54, 1.807) is 11.7 Å². The van der Waals surface area contributed by atoms with Crippen LogP contribution >= 0.6 is 11.6 Å². The number of hydrogen-bond donors (Lipinski definition) is 1. The van der Waals surface area contributed by atoms with E-state index in [2.05, 4.69) is 11.0 Å². The van der Waals surface area contributed by atoms with Gasteiger partial charge in [-0.3, -0.25) is 4.68 Å². The maximum atomic E-state index is 9.79. The van der Waals surface area contributed by atoms with Gasteiger partial charge in [-0.05, 0) is 13.3 Å². The van der Waals surface area contributed by atoms with Gasteiger partial charge in [0.05, 0.1) is 11.8 Å². The van der Waals surface area contributed by atoms with Gasteiger partial charge in [0.1, 0.15) is 5.15 Å². The second kappa shape index (κ2) is 4.50. The summed E-state index contributed by atoms with van der Waals surface area (Å²) in [7, 11) is 1.74. The van der Waals surface area contributed by atoms with Crippen LogP contribution in [0.2, 0.25) is 5.15 Å². The minimum absolute atomic E-state index is 0.479. The van der Waals surface area contributed by atoms with Crippen molar-refractivity contribution < 1.29 is 5.11 Å². The number of aryl methyl sites for hydroxylation is 2. The Morgan fingerprint density at radius 2 is 2.36 bits per heavy atom. The summed E-state index contributed by atoms with van der Waals surface area (Å²) >= 11 is 5.98. The summed E-state index contributed by atoms with van der Waals surface area (Å²) in [4.78, 5) is 0. The molecule has 0 spiro atoms. The fourth-order valence-electron chi connectivity index (χ4n) is 1.39.